The Bertz CT molecular complexity index is 397. The molecule has 5 nitrogen and oxygen atoms in total. The number of amides is 1. The molecule has 0 bridgehead atoms. The van der Waals surface area contributed by atoms with Gasteiger partial charge in [0, 0.05) is 31.9 Å². The lowest BCUT2D eigenvalue weighted by molar-refractivity contribution is -0.139. The number of hydrogen-bond donors (Lipinski definition) is 1. The first kappa shape index (κ1) is 14.0. The zero-order valence-corrected chi connectivity index (χ0v) is 11.1. The van der Waals surface area contributed by atoms with Crippen LogP contribution in [0.5, 0.6) is 0 Å². The van der Waals surface area contributed by atoms with Gasteiger partial charge in [0.1, 0.15) is 0 Å². The maximum Gasteiger partial charge on any atom is 0.223 e. The van der Waals surface area contributed by atoms with E-state index in [4.69, 9.17) is 10.5 Å². The Kier molecular flexibility index (Phi) is 5.30. The number of aromatic nitrogens is 1. The number of aryl methyl sites for hydroxylation is 1. The van der Waals surface area contributed by atoms with E-state index in [0.29, 0.717) is 32.7 Å². The van der Waals surface area contributed by atoms with E-state index < -0.39 is 0 Å². The lowest BCUT2D eigenvalue weighted by Crippen LogP contribution is -2.52. The molecule has 1 aliphatic rings. The van der Waals surface area contributed by atoms with Crippen molar-refractivity contribution in [2.75, 3.05) is 26.3 Å². The van der Waals surface area contributed by atoms with Crippen molar-refractivity contribution >= 4 is 5.91 Å². The van der Waals surface area contributed by atoms with Crippen molar-refractivity contribution in [2.24, 2.45) is 5.73 Å². The number of pyridine rings is 1. The molecule has 5 heteroatoms. The van der Waals surface area contributed by atoms with Crippen LogP contribution in [0.1, 0.15) is 18.4 Å². The van der Waals surface area contributed by atoms with Gasteiger partial charge >= 0.3 is 0 Å². The molecule has 2 rings (SSSR count). The van der Waals surface area contributed by atoms with Crippen molar-refractivity contribution in [3.05, 3.63) is 30.1 Å². The first-order chi connectivity index (χ1) is 9.31. The summed E-state index contributed by atoms with van der Waals surface area (Å²) in [6.07, 6.45) is 5.90. The summed E-state index contributed by atoms with van der Waals surface area (Å²) >= 11 is 0. The van der Waals surface area contributed by atoms with Gasteiger partial charge in [-0.3, -0.25) is 9.78 Å². The Morgan fingerprint density at radius 2 is 2.26 bits per heavy atom. The molecule has 1 atom stereocenters. The first-order valence-electron chi connectivity index (χ1n) is 6.77. The van der Waals surface area contributed by atoms with Crippen molar-refractivity contribution < 1.29 is 9.53 Å². The highest BCUT2D eigenvalue weighted by atomic mass is 16.5. The average molecular weight is 263 g/mol. The quantitative estimate of drug-likeness (QED) is 0.844. The molecule has 0 saturated carbocycles. The van der Waals surface area contributed by atoms with Crippen LogP contribution < -0.4 is 5.73 Å². The van der Waals surface area contributed by atoms with Crippen LogP contribution in [0.25, 0.3) is 0 Å². The number of nitrogens with zero attached hydrogens (tertiary/aromatic N) is 2. The molecule has 1 aromatic rings. The maximum atomic E-state index is 12.2. The van der Waals surface area contributed by atoms with Crippen molar-refractivity contribution in [1.29, 1.82) is 0 Å². The molecule has 0 radical (unpaired) electrons. The van der Waals surface area contributed by atoms with E-state index >= 15 is 0 Å². The third-order valence-electron chi connectivity index (χ3n) is 3.43. The molecular weight excluding hydrogens is 242 g/mol. The Hall–Kier alpha value is -1.46. The van der Waals surface area contributed by atoms with Gasteiger partial charge in [0.2, 0.25) is 5.91 Å². The van der Waals surface area contributed by atoms with Gasteiger partial charge in [0.25, 0.3) is 0 Å². The van der Waals surface area contributed by atoms with Crippen LogP contribution in [0.2, 0.25) is 0 Å². The molecule has 1 aliphatic heterocycles. The molecule has 0 spiro atoms. The summed E-state index contributed by atoms with van der Waals surface area (Å²) in [5.74, 6) is 0.188. The SMILES string of the molecule is NCC1COCCN1C(=O)CCCc1ccncc1. The smallest absolute Gasteiger partial charge is 0.223 e. The molecule has 2 heterocycles. The zero-order chi connectivity index (χ0) is 13.5. The van der Waals surface area contributed by atoms with E-state index in [9.17, 15) is 4.79 Å². The Labute approximate surface area is 113 Å². The summed E-state index contributed by atoms with van der Waals surface area (Å²) in [6, 6.07) is 4.02. The number of ether oxygens (including phenoxy) is 1. The van der Waals surface area contributed by atoms with Gasteiger partial charge in [-0.1, -0.05) is 0 Å². The van der Waals surface area contributed by atoms with E-state index in [1.165, 1.54) is 5.56 Å². The summed E-state index contributed by atoms with van der Waals surface area (Å²) in [4.78, 5) is 18.0. The van der Waals surface area contributed by atoms with Crippen LogP contribution in [0.15, 0.2) is 24.5 Å². The summed E-state index contributed by atoms with van der Waals surface area (Å²) in [5.41, 5.74) is 6.89. The molecule has 2 N–H and O–H groups in total. The third kappa shape index (κ3) is 4.01. The fourth-order valence-electron chi connectivity index (χ4n) is 2.32. The second kappa shape index (κ2) is 7.21. The van der Waals surface area contributed by atoms with Crippen LogP contribution in [0.3, 0.4) is 0 Å². The van der Waals surface area contributed by atoms with Crippen molar-refractivity contribution in [3.8, 4) is 0 Å². The maximum absolute atomic E-state index is 12.2. The molecule has 0 aliphatic carbocycles. The summed E-state index contributed by atoms with van der Waals surface area (Å²) in [6.45, 7) is 2.31. The van der Waals surface area contributed by atoms with Gasteiger partial charge in [0.05, 0.1) is 19.3 Å². The summed E-state index contributed by atoms with van der Waals surface area (Å²) in [5, 5.41) is 0. The van der Waals surface area contributed by atoms with E-state index in [0.717, 1.165) is 12.8 Å². The van der Waals surface area contributed by atoms with E-state index in [1.54, 1.807) is 12.4 Å². The lowest BCUT2D eigenvalue weighted by Gasteiger charge is -2.35. The van der Waals surface area contributed by atoms with Crippen LogP contribution in [0.4, 0.5) is 0 Å². The lowest BCUT2D eigenvalue weighted by atomic mass is 10.1. The molecule has 1 saturated heterocycles. The van der Waals surface area contributed by atoms with Crippen molar-refractivity contribution in [1.82, 2.24) is 9.88 Å². The van der Waals surface area contributed by atoms with Crippen molar-refractivity contribution in [2.45, 2.75) is 25.3 Å². The fourth-order valence-corrected chi connectivity index (χ4v) is 2.32. The minimum Gasteiger partial charge on any atom is -0.377 e. The molecule has 104 valence electrons. The predicted molar refractivity (Wildman–Crippen MR) is 72.5 cm³/mol. The van der Waals surface area contributed by atoms with Crippen LogP contribution in [-0.2, 0) is 16.0 Å². The number of morpholine rings is 1. The summed E-state index contributed by atoms with van der Waals surface area (Å²) < 4.78 is 5.35. The number of hydrogen-bond acceptors (Lipinski definition) is 4. The second-order valence-corrected chi connectivity index (χ2v) is 4.76. The van der Waals surface area contributed by atoms with Gasteiger partial charge < -0.3 is 15.4 Å². The van der Waals surface area contributed by atoms with Gasteiger partial charge in [-0.15, -0.1) is 0 Å². The number of rotatable bonds is 5. The molecule has 1 aromatic heterocycles. The number of carbonyl (C=O) groups is 1. The van der Waals surface area contributed by atoms with Gasteiger partial charge in [-0.2, -0.15) is 0 Å². The molecule has 0 aromatic carbocycles. The normalized spacial score (nSPS) is 19.4. The minimum absolute atomic E-state index is 0.0437. The Morgan fingerprint density at radius 3 is 3.00 bits per heavy atom. The molecule has 1 fully saturated rings. The Morgan fingerprint density at radius 1 is 1.47 bits per heavy atom. The van der Waals surface area contributed by atoms with Crippen LogP contribution in [0, 0.1) is 0 Å². The van der Waals surface area contributed by atoms with E-state index in [-0.39, 0.29) is 11.9 Å². The van der Waals surface area contributed by atoms with Gasteiger partial charge in [-0.25, -0.2) is 0 Å². The molecule has 19 heavy (non-hydrogen) atoms. The molecule has 1 amide bonds. The largest absolute Gasteiger partial charge is 0.377 e. The van der Waals surface area contributed by atoms with Crippen LogP contribution in [-0.4, -0.2) is 48.1 Å². The van der Waals surface area contributed by atoms with Gasteiger partial charge in [0.15, 0.2) is 0 Å². The van der Waals surface area contributed by atoms with E-state index in [2.05, 4.69) is 4.98 Å². The highest BCUT2D eigenvalue weighted by Crippen LogP contribution is 2.10. The van der Waals surface area contributed by atoms with Crippen LogP contribution >= 0.6 is 0 Å². The van der Waals surface area contributed by atoms with Crippen molar-refractivity contribution in [3.63, 3.8) is 0 Å². The average Bonchev–Trinajstić information content (AvgIpc) is 2.48. The fraction of sp³-hybridized carbons (Fsp3) is 0.571. The second-order valence-electron chi connectivity index (χ2n) is 4.76. The standard InChI is InChI=1S/C14H21N3O2/c15-10-13-11-19-9-8-17(13)14(18)3-1-2-12-4-6-16-7-5-12/h4-7,13H,1-3,8-11,15H2. The monoisotopic (exact) mass is 263 g/mol. The highest BCUT2D eigenvalue weighted by molar-refractivity contribution is 5.76. The molecular formula is C14H21N3O2. The third-order valence-corrected chi connectivity index (χ3v) is 3.43. The predicted octanol–water partition coefficient (Wildman–Crippen LogP) is 0.590. The zero-order valence-electron chi connectivity index (χ0n) is 11.1. The first-order valence-corrected chi connectivity index (χ1v) is 6.77. The Balaban J connectivity index is 1.77. The molecule has 1 unspecified atom stereocenters. The van der Waals surface area contributed by atoms with E-state index in [1.807, 2.05) is 17.0 Å². The van der Waals surface area contributed by atoms with Gasteiger partial charge in [-0.05, 0) is 30.5 Å². The number of carbonyl (C=O) groups excluding carboxylic acids is 1. The highest BCUT2D eigenvalue weighted by Gasteiger charge is 2.25. The summed E-state index contributed by atoms with van der Waals surface area (Å²) in [7, 11) is 0. The number of nitrogens with two attached hydrogens (primary N) is 1. The topological polar surface area (TPSA) is 68.5 Å². The minimum atomic E-state index is 0.0437.